The Hall–Kier alpha value is -1.42. The maximum absolute atomic E-state index is 5.48. The predicted molar refractivity (Wildman–Crippen MR) is 70.0 cm³/mol. The molecule has 0 saturated carbocycles. The largest absolute Gasteiger partial charge is 0.474 e. The summed E-state index contributed by atoms with van der Waals surface area (Å²) in [5.74, 6) is 0.573. The molecule has 1 unspecified atom stereocenters. The molecule has 1 N–H and O–H groups in total. The van der Waals surface area contributed by atoms with Gasteiger partial charge in [0.05, 0.1) is 24.2 Å². The van der Waals surface area contributed by atoms with Gasteiger partial charge in [-0.15, -0.1) is 0 Å². The highest BCUT2D eigenvalue weighted by Crippen LogP contribution is 2.08. The van der Waals surface area contributed by atoms with Gasteiger partial charge in [-0.05, 0) is 40.3 Å². The van der Waals surface area contributed by atoms with Crippen LogP contribution in [0.15, 0.2) is 18.5 Å². The van der Waals surface area contributed by atoms with Gasteiger partial charge in [-0.25, -0.2) is 4.98 Å². The van der Waals surface area contributed by atoms with Gasteiger partial charge in [-0.3, -0.25) is 4.98 Å². The minimum absolute atomic E-state index is 0.118. The lowest BCUT2D eigenvalue weighted by atomic mass is 10.2. The smallest absolute Gasteiger partial charge is 0.233 e. The second-order valence-electron chi connectivity index (χ2n) is 4.28. The Balaban J connectivity index is 2.59. The Labute approximate surface area is 103 Å². The molecule has 4 heteroatoms. The summed E-state index contributed by atoms with van der Waals surface area (Å²) in [6.45, 7) is 6.08. The van der Waals surface area contributed by atoms with Crippen molar-refractivity contribution in [3.63, 3.8) is 0 Å². The first kappa shape index (κ1) is 13.6. The van der Waals surface area contributed by atoms with Gasteiger partial charge in [0, 0.05) is 6.04 Å². The topological polar surface area (TPSA) is 47.0 Å². The predicted octanol–water partition coefficient (Wildman–Crippen LogP) is 2.28. The molecule has 0 bridgehead atoms. The van der Waals surface area contributed by atoms with Crippen LogP contribution in [0.25, 0.3) is 6.08 Å². The third-order valence-electron chi connectivity index (χ3n) is 2.26. The first-order chi connectivity index (χ1) is 8.11. The molecule has 0 aromatic carbocycles. The summed E-state index contributed by atoms with van der Waals surface area (Å²) in [5.41, 5.74) is 0.825. The molecule has 0 aliphatic rings. The van der Waals surface area contributed by atoms with E-state index >= 15 is 0 Å². The summed E-state index contributed by atoms with van der Waals surface area (Å²) in [7, 11) is 1.95. The van der Waals surface area contributed by atoms with Crippen LogP contribution in [-0.4, -0.2) is 29.2 Å². The monoisotopic (exact) mass is 235 g/mol. The van der Waals surface area contributed by atoms with Gasteiger partial charge in [0.1, 0.15) is 0 Å². The van der Waals surface area contributed by atoms with Gasteiger partial charge >= 0.3 is 0 Å². The molecule has 0 spiro atoms. The van der Waals surface area contributed by atoms with Crippen molar-refractivity contribution in [2.75, 3.05) is 7.05 Å². The molecule has 4 nitrogen and oxygen atoms in total. The molecular formula is C13H21N3O. The fourth-order valence-corrected chi connectivity index (χ4v) is 1.25. The maximum Gasteiger partial charge on any atom is 0.233 e. The molecule has 1 atom stereocenters. The number of hydrogen-bond acceptors (Lipinski definition) is 4. The molecule has 0 radical (unpaired) electrons. The van der Waals surface area contributed by atoms with E-state index in [2.05, 4.69) is 28.3 Å². The van der Waals surface area contributed by atoms with Crippen LogP contribution in [-0.2, 0) is 0 Å². The average molecular weight is 235 g/mol. The highest BCUT2D eigenvalue weighted by molar-refractivity contribution is 5.43. The molecule has 0 fully saturated rings. The number of nitrogens with zero attached hydrogens (tertiary/aromatic N) is 2. The highest BCUT2D eigenvalue weighted by atomic mass is 16.5. The number of rotatable bonds is 6. The Morgan fingerprint density at radius 3 is 2.76 bits per heavy atom. The van der Waals surface area contributed by atoms with Crippen molar-refractivity contribution in [1.29, 1.82) is 0 Å². The Morgan fingerprint density at radius 1 is 1.35 bits per heavy atom. The van der Waals surface area contributed by atoms with Crippen molar-refractivity contribution in [3.05, 3.63) is 24.2 Å². The van der Waals surface area contributed by atoms with E-state index in [1.165, 1.54) is 0 Å². The minimum Gasteiger partial charge on any atom is -0.474 e. The quantitative estimate of drug-likeness (QED) is 0.821. The molecule has 0 aliphatic carbocycles. The highest BCUT2D eigenvalue weighted by Gasteiger charge is 2.00. The second kappa shape index (κ2) is 7.01. The lowest BCUT2D eigenvalue weighted by Gasteiger charge is -2.08. The number of ether oxygens (including phenoxy) is 1. The van der Waals surface area contributed by atoms with E-state index in [0.29, 0.717) is 11.9 Å². The number of nitrogens with one attached hydrogen (secondary N) is 1. The number of hydrogen-bond donors (Lipinski definition) is 1. The molecular weight excluding hydrogens is 214 g/mol. The van der Waals surface area contributed by atoms with Crippen molar-refractivity contribution in [1.82, 2.24) is 15.3 Å². The van der Waals surface area contributed by atoms with Crippen LogP contribution >= 0.6 is 0 Å². The minimum atomic E-state index is 0.118. The third-order valence-corrected chi connectivity index (χ3v) is 2.26. The van der Waals surface area contributed by atoms with E-state index in [1.54, 1.807) is 12.4 Å². The van der Waals surface area contributed by atoms with Gasteiger partial charge in [0.15, 0.2) is 0 Å². The molecule has 1 aromatic rings. The van der Waals surface area contributed by atoms with Crippen molar-refractivity contribution in [3.8, 4) is 5.88 Å². The van der Waals surface area contributed by atoms with Gasteiger partial charge in [-0.2, -0.15) is 0 Å². The zero-order valence-electron chi connectivity index (χ0n) is 11.0. The lowest BCUT2D eigenvalue weighted by Crippen LogP contribution is -2.19. The standard InChI is InChI=1S/C13H21N3O/c1-10(2)17-13-9-15-8-12(16-13)7-5-6-11(3)14-4/h5,7-11,14H,6H2,1-4H3/b7-5+. The number of aromatic nitrogens is 2. The molecule has 0 amide bonds. The van der Waals surface area contributed by atoms with Crippen LogP contribution in [0.1, 0.15) is 32.9 Å². The van der Waals surface area contributed by atoms with Crippen molar-refractivity contribution in [2.45, 2.75) is 39.3 Å². The fraction of sp³-hybridized carbons (Fsp3) is 0.538. The van der Waals surface area contributed by atoms with Gasteiger partial charge in [0.2, 0.25) is 5.88 Å². The SMILES string of the molecule is CNC(C)C/C=C/c1cncc(OC(C)C)n1. The molecule has 1 rings (SSSR count). The molecule has 94 valence electrons. The van der Waals surface area contributed by atoms with Gasteiger partial charge in [0.25, 0.3) is 0 Å². The zero-order chi connectivity index (χ0) is 12.7. The van der Waals surface area contributed by atoms with E-state index in [4.69, 9.17) is 4.74 Å². The van der Waals surface area contributed by atoms with E-state index in [1.807, 2.05) is 27.0 Å². The maximum atomic E-state index is 5.48. The van der Waals surface area contributed by atoms with Crippen LogP contribution in [0, 0.1) is 0 Å². The summed E-state index contributed by atoms with van der Waals surface area (Å²) < 4.78 is 5.48. The van der Waals surface area contributed by atoms with Gasteiger partial charge in [-0.1, -0.05) is 6.08 Å². The molecule has 0 saturated heterocycles. The van der Waals surface area contributed by atoms with Crippen LogP contribution in [0.3, 0.4) is 0 Å². The third kappa shape index (κ3) is 5.45. The van der Waals surface area contributed by atoms with Gasteiger partial charge < -0.3 is 10.1 Å². The molecule has 0 aliphatic heterocycles. The van der Waals surface area contributed by atoms with Crippen LogP contribution in [0.5, 0.6) is 5.88 Å². The normalized spacial score (nSPS) is 13.2. The Bertz CT molecular complexity index is 363. The lowest BCUT2D eigenvalue weighted by molar-refractivity contribution is 0.231. The van der Waals surface area contributed by atoms with E-state index in [0.717, 1.165) is 12.1 Å². The Kier molecular flexibility index (Phi) is 5.63. The summed E-state index contributed by atoms with van der Waals surface area (Å²) in [5, 5.41) is 3.18. The molecule has 1 aromatic heterocycles. The summed E-state index contributed by atoms with van der Waals surface area (Å²) in [4.78, 5) is 8.44. The van der Waals surface area contributed by atoms with Crippen molar-refractivity contribution < 1.29 is 4.74 Å². The molecule has 17 heavy (non-hydrogen) atoms. The summed E-state index contributed by atoms with van der Waals surface area (Å²) in [6.07, 6.45) is 8.50. The van der Waals surface area contributed by atoms with Crippen molar-refractivity contribution in [2.24, 2.45) is 0 Å². The first-order valence-corrected chi connectivity index (χ1v) is 5.94. The van der Waals surface area contributed by atoms with Crippen molar-refractivity contribution >= 4 is 6.08 Å². The van der Waals surface area contributed by atoms with E-state index < -0.39 is 0 Å². The van der Waals surface area contributed by atoms with Crippen LogP contribution in [0.2, 0.25) is 0 Å². The average Bonchev–Trinajstić information content (AvgIpc) is 2.28. The van der Waals surface area contributed by atoms with E-state index in [9.17, 15) is 0 Å². The zero-order valence-corrected chi connectivity index (χ0v) is 11.0. The van der Waals surface area contributed by atoms with Crippen LogP contribution in [0.4, 0.5) is 0 Å². The van der Waals surface area contributed by atoms with Crippen LogP contribution < -0.4 is 10.1 Å². The summed E-state index contributed by atoms with van der Waals surface area (Å²) >= 11 is 0. The first-order valence-electron chi connectivity index (χ1n) is 5.94. The Morgan fingerprint density at radius 2 is 2.12 bits per heavy atom. The summed E-state index contributed by atoms with van der Waals surface area (Å²) in [6, 6.07) is 0.467. The van der Waals surface area contributed by atoms with E-state index in [-0.39, 0.29) is 6.10 Å². The second-order valence-corrected chi connectivity index (χ2v) is 4.28. The fourth-order valence-electron chi connectivity index (χ4n) is 1.25. The molecule has 1 heterocycles.